The number of allylic oxidation sites excluding steroid dienone is 3. The number of carbonyl (C=O) groups excluding carboxylic acids is 1. The van der Waals surface area contributed by atoms with Gasteiger partial charge in [-0.25, -0.2) is 4.79 Å². The summed E-state index contributed by atoms with van der Waals surface area (Å²) in [4.78, 5) is 23.7. The number of hydrogen-bond acceptors (Lipinski definition) is 6. The number of hydrogen-bond donors (Lipinski definition) is 2. The van der Waals surface area contributed by atoms with Crippen LogP contribution in [-0.4, -0.2) is 61.2 Å². The second-order valence-corrected chi connectivity index (χ2v) is 9.54. The third-order valence-corrected chi connectivity index (χ3v) is 6.12. The molecule has 1 fully saturated rings. The molecule has 0 aliphatic heterocycles. The molecular formula is C31H48N2O5. The molecule has 0 radical (unpaired) electrons. The third kappa shape index (κ3) is 14.7. The van der Waals surface area contributed by atoms with Crippen molar-refractivity contribution >= 4 is 12.3 Å². The van der Waals surface area contributed by atoms with Crippen molar-refractivity contribution in [3.05, 3.63) is 53.6 Å². The minimum atomic E-state index is -1.27. The molecule has 7 heteroatoms. The molecule has 1 aliphatic carbocycles. The summed E-state index contributed by atoms with van der Waals surface area (Å²) in [5.74, 6) is 0.287. The minimum Gasteiger partial charge on any atom is -0.478 e. The van der Waals surface area contributed by atoms with Crippen molar-refractivity contribution in [2.24, 2.45) is 11.7 Å². The Kier molecular flexibility index (Phi) is 19.4. The van der Waals surface area contributed by atoms with Gasteiger partial charge in [-0.2, -0.15) is 0 Å². The number of benzene rings is 1. The van der Waals surface area contributed by atoms with E-state index in [1.54, 1.807) is 19.2 Å². The molecule has 1 saturated carbocycles. The van der Waals surface area contributed by atoms with Crippen LogP contribution in [0.2, 0.25) is 0 Å². The number of carboxylic acids is 1. The van der Waals surface area contributed by atoms with Gasteiger partial charge in [0.25, 0.3) is 0 Å². The summed E-state index contributed by atoms with van der Waals surface area (Å²) in [7, 11) is 1.62. The number of carbonyl (C=O) groups is 2. The smallest absolute Gasteiger partial charge is 0.347 e. The number of aliphatic carboxylic acids is 1. The average molecular weight is 529 g/mol. The molecule has 1 aromatic carbocycles. The Bertz CT molecular complexity index is 853. The van der Waals surface area contributed by atoms with Gasteiger partial charge in [0.15, 0.2) is 5.60 Å². The van der Waals surface area contributed by atoms with Crippen LogP contribution in [0.4, 0.5) is 0 Å². The summed E-state index contributed by atoms with van der Waals surface area (Å²) >= 11 is 0. The van der Waals surface area contributed by atoms with E-state index in [0.29, 0.717) is 38.5 Å². The van der Waals surface area contributed by atoms with E-state index in [1.165, 1.54) is 51.5 Å². The lowest BCUT2D eigenvalue weighted by atomic mass is 9.83. The summed E-state index contributed by atoms with van der Waals surface area (Å²) in [6.45, 7) is 8.05. The molecule has 1 aliphatic rings. The van der Waals surface area contributed by atoms with Crippen LogP contribution in [0, 0.1) is 18.8 Å². The summed E-state index contributed by atoms with van der Waals surface area (Å²) in [5, 5.41) is 9.04. The normalized spacial score (nSPS) is 14.3. The zero-order chi connectivity index (χ0) is 28.8. The summed E-state index contributed by atoms with van der Waals surface area (Å²) in [5.41, 5.74) is 6.75. The first kappa shape index (κ1) is 35.1. The van der Waals surface area contributed by atoms with E-state index in [-0.39, 0.29) is 0 Å². The van der Waals surface area contributed by atoms with Crippen LogP contribution in [-0.2, 0) is 20.9 Å². The fraction of sp³-hybridized carbons (Fsp3) is 0.548. The van der Waals surface area contributed by atoms with Crippen LogP contribution in [0.15, 0.2) is 48.1 Å². The highest BCUT2D eigenvalue weighted by molar-refractivity contribution is 5.76. The van der Waals surface area contributed by atoms with Crippen LogP contribution in [0.3, 0.4) is 0 Å². The first-order valence-electron chi connectivity index (χ1n) is 13.3. The van der Waals surface area contributed by atoms with Crippen molar-refractivity contribution in [1.82, 2.24) is 4.90 Å². The second kappa shape index (κ2) is 21.1. The molecule has 0 aromatic heterocycles. The Morgan fingerprint density at radius 2 is 1.82 bits per heavy atom. The van der Waals surface area contributed by atoms with Crippen molar-refractivity contribution in [3.8, 4) is 18.6 Å². The highest BCUT2D eigenvalue weighted by atomic mass is 16.5. The van der Waals surface area contributed by atoms with E-state index in [4.69, 9.17) is 20.3 Å². The number of nitrogens with two attached hydrogens (primary N) is 1. The van der Waals surface area contributed by atoms with Gasteiger partial charge >= 0.3 is 5.97 Å². The topological polar surface area (TPSA) is 102 Å². The van der Waals surface area contributed by atoms with Gasteiger partial charge in [0.05, 0.1) is 13.2 Å². The molecule has 0 bridgehead atoms. The highest BCUT2D eigenvalue weighted by Crippen LogP contribution is 2.30. The molecule has 0 amide bonds. The van der Waals surface area contributed by atoms with E-state index in [0.717, 1.165) is 24.2 Å². The molecule has 38 heavy (non-hydrogen) atoms. The first-order valence-corrected chi connectivity index (χ1v) is 13.3. The Morgan fingerprint density at radius 3 is 2.32 bits per heavy atom. The number of aldehydes is 1. The van der Waals surface area contributed by atoms with Crippen LogP contribution in [0.25, 0.3) is 0 Å². The number of methoxy groups -OCH3 is 1. The molecule has 212 valence electrons. The number of ether oxygens (including phenoxy) is 2. The molecule has 2 rings (SSSR count). The molecule has 7 nitrogen and oxygen atoms in total. The van der Waals surface area contributed by atoms with Crippen LogP contribution >= 0.6 is 0 Å². The van der Waals surface area contributed by atoms with Gasteiger partial charge in [-0.15, -0.1) is 12.8 Å². The number of terminal acetylenes is 1. The fourth-order valence-corrected chi connectivity index (χ4v) is 4.07. The number of rotatable bonds is 14. The Morgan fingerprint density at radius 1 is 1.18 bits per heavy atom. The van der Waals surface area contributed by atoms with E-state index in [1.807, 2.05) is 17.0 Å². The van der Waals surface area contributed by atoms with Crippen molar-refractivity contribution < 1.29 is 24.2 Å². The van der Waals surface area contributed by atoms with Gasteiger partial charge in [-0.3, -0.25) is 4.90 Å². The van der Waals surface area contributed by atoms with Gasteiger partial charge in [-0.1, -0.05) is 56.5 Å². The van der Waals surface area contributed by atoms with Crippen LogP contribution in [0.5, 0.6) is 5.75 Å². The lowest BCUT2D eigenvalue weighted by Crippen LogP contribution is -2.37. The van der Waals surface area contributed by atoms with Crippen molar-refractivity contribution in [2.75, 3.05) is 33.4 Å². The summed E-state index contributed by atoms with van der Waals surface area (Å²) in [6, 6.07) is 7.18. The lowest BCUT2D eigenvalue weighted by Gasteiger charge is -2.22. The maximum absolute atomic E-state index is 11.0. The van der Waals surface area contributed by atoms with Crippen molar-refractivity contribution in [1.29, 1.82) is 0 Å². The molecule has 3 N–H and O–H groups in total. The predicted octanol–water partition coefficient (Wildman–Crippen LogP) is 5.24. The molecule has 0 saturated heterocycles. The molecule has 0 unspecified atom stereocenters. The summed E-state index contributed by atoms with van der Waals surface area (Å²) in [6.07, 6.45) is 23.7. The van der Waals surface area contributed by atoms with Gasteiger partial charge < -0.3 is 25.1 Å². The number of nitrogens with zero attached hydrogens (tertiary/aromatic N) is 1. The first-order chi connectivity index (χ1) is 18.3. The molecule has 1 aromatic rings. The monoisotopic (exact) mass is 528 g/mol. The van der Waals surface area contributed by atoms with E-state index in [9.17, 15) is 9.59 Å². The zero-order valence-electron chi connectivity index (χ0n) is 23.7. The Balaban J connectivity index is 0.000000735. The largest absolute Gasteiger partial charge is 0.478 e. The van der Waals surface area contributed by atoms with Gasteiger partial charge in [0.2, 0.25) is 0 Å². The fourth-order valence-electron chi connectivity index (χ4n) is 4.07. The van der Waals surface area contributed by atoms with E-state index >= 15 is 0 Å². The van der Waals surface area contributed by atoms with Gasteiger partial charge in [-0.05, 0) is 62.3 Å². The average Bonchev–Trinajstić information content (AvgIpc) is 2.92. The standard InChI is InChI=1S/C16H23NO5.C13H23N.C2H2/c1-16(2,15(19)20)22-14-6-4-13(5-7-14)12-17(8-10-18)9-11-21-3;1-2-7-12(10-6-11-14)13-8-4-3-5-9-13;1-2/h4-7,10H,8-9,11-12H2,1-3H3,(H,19,20);6-7,10,13H,2-5,8-9,11,14H2,1H3;1-2H/b;10-6-,12-7+;. The zero-order valence-corrected chi connectivity index (χ0v) is 23.7. The lowest BCUT2D eigenvalue weighted by molar-refractivity contribution is -0.152. The molecule has 0 spiro atoms. The SMILES string of the molecule is C#C.CC/C=C(\C=C/CN)C1CCCCC1.COCCN(CC=O)Cc1ccc(OC(C)(C)C(=O)O)cc1. The maximum atomic E-state index is 11.0. The Labute approximate surface area is 230 Å². The quantitative estimate of drug-likeness (QED) is 0.193. The van der Waals surface area contributed by atoms with Crippen LogP contribution in [0.1, 0.15) is 64.9 Å². The molecule has 0 heterocycles. The van der Waals surface area contributed by atoms with E-state index in [2.05, 4.69) is 38.0 Å². The number of carboxylic acid groups (broad SMARTS) is 1. The molecular weight excluding hydrogens is 480 g/mol. The highest BCUT2D eigenvalue weighted by Gasteiger charge is 2.29. The Hall–Kier alpha value is -2.92. The van der Waals surface area contributed by atoms with Crippen LogP contribution < -0.4 is 10.5 Å². The minimum absolute atomic E-state index is 0.341. The van der Waals surface area contributed by atoms with Crippen molar-refractivity contribution in [3.63, 3.8) is 0 Å². The summed E-state index contributed by atoms with van der Waals surface area (Å²) < 4.78 is 10.5. The predicted molar refractivity (Wildman–Crippen MR) is 155 cm³/mol. The van der Waals surface area contributed by atoms with E-state index < -0.39 is 11.6 Å². The molecule has 0 atom stereocenters. The van der Waals surface area contributed by atoms with Gasteiger partial charge in [0.1, 0.15) is 12.0 Å². The second-order valence-electron chi connectivity index (χ2n) is 9.54. The third-order valence-electron chi connectivity index (χ3n) is 6.12. The maximum Gasteiger partial charge on any atom is 0.347 e. The van der Waals surface area contributed by atoms with Gasteiger partial charge in [0, 0.05) is 26.7 Å². The van der Waals surface area contributed by atoms with Crippen molar-refractivity contribution in [2.45, 2.75) is 71.4 Å².